The summed E-state index contributed by atoms with van der Waals surface area (Å²) < 4.78 is 43.0. The van der Waals surface area contributed by atoms with Crippen LogP contribution in [0, 0.1) is 18.7 Å². The normalized spacial score (nSPS) is 16.3. The minimum absolute atomic E-state index is 0.0283. The number of amides is 1. The summed E-state index contributed by atoms with van der Waals surface area (Å²) in [5, 5.41) is 2.78. The van der Waals surface area contributed by atoms with E-state index in [9.17, 15) is 17.6 Å². The standard InChI is InChI=1S/C18H22BrFN4O3S/c1-12-22-17(11-23(12)2)28(26,27)24-7-5-13(6-8-24)18(25)21-10-14-9-15(19)3-4-16(14)20/h3-4,9,11,13H,5-8,10H2,1-2H3,(H,21,25). The third-order valence-corrected chi connectivity index (χ3v) is 7.24. The molecule has 0 aliphatic carbocycles. The molecule has 1 aromatic carbocycles. The van der Waals surface area contributed by atoms with Crippen molar-refractivity contribution < 1.29 is 17.6 Å². The van der Waals surface area contributed by atoms with E-state index in [4.69, 9.17) is 0 Å². The molecule has 1 fully saturated rings. The maximum atomic E-state index is 13.8. The summed E-state index contributed by atoms with van der Waals surface area (Å²) in [4.78, 5) is 16.5. The van der Waals surface area contributed by atoms with Crippen molar-refractivity contribution in [2.45, 2.75) is 31.3 Å². The van der Waals surface area contributed by atoms with Crippen molar-refractivity contribution in [3.05, 3.63) is 46.1 Å². The summed E-state index contributed by atoms with van der Waals surface area (Å²) in [5.74, 6) is -0.250. The molecule has 0 bridgehead atoms. The van der Waals surface area contributed by atoms with Gasteiger partial charge < -0.3 is 9.88 Å². The second kappa shape index (κ2) is 8.30. The lowest BCUT2D eigenvalue weighted by molar-refractivity contribution is -0.126. The highest BCUT2D eigenvalue weighted by Gasteiger charge is 2.33. The average Bonchev–Trinajstić information content (AvgIpc) is 3.02. The van der Waals surface area contributed by atoms with Gasteiger partial charge >= 0.3 is 0 Å². The van der Waals surface area contributed by atoms with Gasteiger partial charge in [-0.15, -0.1) is 0 Å². The first-order valence-corrected chi connectivity index (χ1v) is 11.1. The number of carbonyl (C=O) groups is 1. The Morgan fingerprint density at radius 2 is 2.04 bits per heavy atom. The first kappa shape index (κ1) is 20.9. The molecular weight excluding hydrogens is 451 g/mol. The maximum Gasteiger partial charge on any atom is 0.262 e. The summed E-state index contributed by atoms with van der Waals surface area (Å²) in [7, 11) is -1.92. The van der Waals surface area contributed by atoms with Crippen LogP contribution in [-0.2, 0) is 28.4 Å². The minimum Gasteiger partial charge on any atom is -0.352 e. The Morgan fingerprint density at radius 1 is 1.36 bits per heavy atom. The Morgan fingerprint density at radius 3 is 2.64 bits per heavy atom. The molecular formula is C18H22BrFN4O3S. The number of piperidine rings is 1. The number of imidazole rings is 1. The van der Waals surface area contributed by atoms with Gasteiger partial charge in [-0.25, -0.2) is 17.8 Å². The van der Waals surface area contributed by atoms with Gasteiger partial charge in [0, 0.05) is 48.8 Å². The van der Waals surface area contributed by atoms with Crippen molar-refractivity contribution in [1.82, 2.24) is 19.2 Å². The summed E-state index contributed by atoms with van der Waals surface area (Å²) >= 11 is 3.28. The number of hydrogen-bond donors (Lipinski definition) is 1. The van der Waals surface area contributed by atoms with Crippen LogP contribution in [0.1, 0.15) is 24.2 Å². The van der Waals surface area contributed by atoms with E-state index in [1.165, 1.54) is 16.6 Å². The number of aromatic nitrogens is 2. The van der Waals surface area contributed by atoms with Gasteiger partial charge in [0.05, 0.1) is 0 Å². The molecule has 2 aromatic rings. The molecule has 0 unspecified atom stereocenters. The van der Waals surface area contributed by atoms with Crippen LogP contribution in [0.25, 0.3) is 0 Å². The Kier molecular flexibility index (Phi) is 6.21. The molecule has 1 aliphatic rings. The van der Waals surface area contributed by atoms with E-state index in [0.717, 1.165) is 4.47 Å². The van der Waals surface area contributed by atoms with Crippen molar-refractivity contribution in [3.63, 3.8) is 0 Å². The zero-order valence-corrected chi connectivity index (χ0v) is 18.1. The van der Waals surface area contributed by atoms with Crippen LogP contribution >= 0.6 is 15.9 Å². The van der Waals surface area contributed by atoms with Gasteiger partial charge in [0.2, 0.25) is 5.91 Å². The smallest absolute Gasteiger partial charge is 0.262 e. The fraction of sp³-hybridized carbons (Fsp3) is 0.444. The van der Waals surface area contributed by atoms with Gasteiger partial charge in [0.1, 0.15) is 11.6 Å². The monoisotopic (exact) mass is 472 g/mol. The van der Waals surface area contributed by atoms with Gasteiger partial charge in [-0.3, -0.25) is 4.79 Å². The fourth-order valence-corrected chi connectivity index (χ4v) is 5.05. The third kappa shape index (κ3) is 4.44. The zero-order valence-electron chi connectivity index (χ0n) is 15.7. The SMILES string of the molecule is Cc1nc(S(=O)(=O)N2CCC(C(=O)NCc3cc(Br)ccc3F)CC2)cn1C. The number of hydrogen-bond acceptors (Lipinski definition) is 4. The molecule has 1 N–H and O–H groups in total. The summed E-state index contributed by atoms with van der Waals surface area (Å²) in [6.45, 7) is 2.34. The van der Waals surface area contributed by atoms with Crippen molar-refractivity contribution >= 4 is 31.9 Å². The Balaban J connectivity index is 1.57. The molecule has 7 nitrogen and oxygen atoms in total. The number of nitrogens with zero attached hydrogens (tertiary/aromatic N) is 3. The first-order valence-electron chi connectivity index (χ1n) is 8.90. The van der Waals surface area contributed by atoms with Gasteiger partial charge in [-0.2, -0.15) is 4.31 Å². The van der Waals surface area contributed by atoms with Gasteiger partial charge in [0.15, 0.2) is 5.03 Å². The topological polar surface area (TPSA) is 84.3 Å². The molecule has 0 atom stereocenters. The minimum atomic E-state index is -3.66. The van der Waals surface area contributed by atoms with Crippen molar-refractivity contribution in [2.75, 3.05) is 13.1 Å². The van der Waals surface area contributed by atoms with Gasteiger partial charge in [-0.1, -0.05) is 15.9 Å². The average molecular weight is 473 g/mol. The van der Waals surface area contributed by atoms with E-state index >= 15 is 0 Å². The fourth-order valence-electron chi connectivity index (χ4n) is 3.15. The van der Waals surface area contributed by atoms with Crippen LogP contribution in [0.4, 0.5) is 4.39 Å². The second-order valence-electron chi connectivity index (χ2n) is 6.87. The molecule has 152 valence electrons. The lowest BCUT2D eigenvalue weighted by Gasteiger charge is -2.30. The summed E-state index contributed by atoms with van der Waals surface area (Å²) in [6, 6.07) is 4.56. The van der Waals surface area contributed by atoms with Gasteiger partial charge in [-0.05, 0) is 38.0 Å². The molecule has 1 aromatic heterocycles. The molecule has 10 heteroatoms. The lowest BCUT2D eigenvalue weighted by atomic mass is 9.97. The highest BCUT2D eigenvalue weighted by atomic mass is 79.9. The Bertz CT molecular complexity index is 965. The molecule has 2 heterocycles. The second-order valence-corrected chi connectivity index (χ2v) is 9.67. The molecule has 1 amide bonds. The van der Waals surface area contributed by atoms with E-state index in [2.05, 4.69) is 26.2 Å². The predicted molar refractivity (Wildman–Crippen MR) is 105 cm³/mol. The number of rotatable bonds is 5. The van der Waals surface area contributed by atoms with Crippen LogP contribution in [0.2, 0.25) is 0 Å². The van der Waals surface area contributed by atoms with E-state index in [1.54, 1.807) is 30.7 Å². The number of nitrogens with one attached hydrogen (secondary N) is 1. The van der Waals surface area contributed by atoms with E-state index in [1.807, 2.05) is 0 Å². The third-order valence-electron chi connectivity index (χ3n) is 4.98. The number of carbonyl (C=O) groups excluding carboxylic acids is 1. The molecule has 0 saturated carbocycles. The first-order chi connectivity index (χ1) is 13.2. The lowest BCUT2D eigenvalue weighted by Crippen LogP contribution is -2.43. The summed E-state index contributed by atoms with van der Waals surface area (Å²) in [6.07, 6.45) is 2.33. The predicted octanol–water partition coefficient (Wildman–Crippen LogP) is 2.35. The maximum absolute atomic E-state index is 13.8. The van der Waals surface area contributed by atoms with Crippen molar-refractivity contribution in [2.24, 2.45) is 13.0 Å². The Labute approximate surface area is 172 Å². The van der Waals surface area contributed by atoms with Crippen molar-refractivity contribution in [3.8, 4) is 0 Å². The highest BCUT2D eigenvalue weighted by Crippen LogP contribution is 2.24. The van der Waals surface area contributed by atoms with E-state index in [0.29, 0.717) is 24.2 Å². The molecule has 28 heavy (non-hydrogen) atoms. The number of sulfonamides is 1. The van der Waals surface area contributed by atoms with Crippen LogP contribution in [-0.4, -0.2) is 41.3 Å². The summed E-state index contributed by atoms with van der Waals surface area (Å²) in [5.41, 5.74) is 0.397. The quantitative estimate of drug-likeness (QED) is 0.723. The van der Waals surface area contributed by atoms with Crippen LogP contribution < -0.4 is 5.32 Å². The number of halogens is 2. The van der Waals surface area contributed by atoms with Gasteiger partial charge in [0.25, 0.3) is 10.0 Å². The highest BCUT2D eigenvalue weighted by molar-refractivity contribution is 9.10. The Hall–Kier alpha value is -1.78. The molecule has 0 spiro atoms. The largest absolute Gasteiger partial charge is 0.352 e. The van der Waals surface area contributed by atoms with E-state index < -0.39 is 10.0 Å². The van der Waals surface area contributed by atoms with E-state index in [-0.39, 0.29) is 42.3 Å². The zero-order chi connectivity index (χ0) is 20.5. The molecule has 1 aliphatic heterocycles. The van der Waals surface area contributed by atoms with Crippen LogP contribution in [0.5, 0.6) is 0 Å². The molecule has 0 radical (unpaired) electrons. The number of benzene rings is 1. The van der Waals surface area contributed by atoms with Crippen LogP contribution in [0.15, 0.2) is 33.9 Å². The number of aryl methyl sites for hydroxylation is 2. The van der Waals surface area contributed by atoms with Crippen LogP contribution in [0.3, 0.4) is 0 Å². The molecule has 3 rings (SSSR count). The van der Waals surface area contributed by atoms with Crippen molar-refractivity contribution in [1.29, 1.82) is 0 Å². The molecule has 1 saturated heterocycles.